The molecular weight excluding hydrogens is 390 g/mol. The minimum absolute atomic E-state index is 0.292. The molecule has 4 aromatic rings. The van der Waals surface area contributed by atoms with Gasteiger partial charge in [-0.15, -0.1) is 11.3 Å². The molecule has 2 aromatic carbocycles. The van der Waals surface area contributed by atoms with Crippen molar-refractivity contribution in [2.45, 2.75) is 0 Å². The Hall–Kier alpha value is -3.65. The van der Waals surface area contributed by atoms with Crippen LogP contribution in [0.4, 0.5) is 5.13 Å². The van der Waals surface area contributed by atoms with Gasteiger partial charge in [0, 0.05) is 27.9 Å². The molecule has 0 saturated carbocycles. The van der Waals surface area contributed by atoms with Crippen LogP contribution in [-0.4, -0.2) is 30.1 Å². The fraction of sp³-hybridized carbons (Fsp3) is 0.0952. The molecule has 2 heterocycles. The molecular formula is C21H17N3O4S. The van der Waals surface area contributed by atoms with E-state index in [-0.39, 0.29) is 5.56 Å². The van der Waals surface area contributed by atoms with Crippen LogP contribution in [0.15, 0.2) is 58.7 Å². The maximum Gasteiger partial charge on any atom is 0.258 e. The third-order valence-corrected chi connectivity index (χ3v) is 5.16. The number of methoxy groups -OCH3 is 2. The van der Waals surface area contributed by atoms with E-state index in [1.165, 1.54) is 17.4 Å². The quantitative estimate of drug-likeness (QED) is 0.523. The summed E-state index contributed by atoms with van der Waals surface area (Å²) in [5.41, 5.74) is 1.96. The molecule has 4 rings (SSSR count). The van der Waals surface area contributed by atoms with E-state index in [1.54, 1.807) is 44.6 Å². The minimum atomic E-state index is -0.397. The van der Waals surface area contributed by atoms with Gasteiger partial charge in [0.05, 0.1) is 25.5 Å². The van der Waals surface area contributed by atoms with Crippen LogP contribution in [0.2, 0.25) is 0 Å². The van der Waals surface area contributed by atoms with Crippen LogP contribution in [0.3, 0.4) is 0 Å². The topological polar surface area (TPSA) is 93.3 Å². The zero-order valence-electron chi connectivity index (χ0n) is 15.7. The van der Waals surface area contributed by atoms with Gasteiger partial charge in [0.2, 0.25) is 5.56 Å². The summed E-state index contributed by atoms with van der Waals surface area (Å²) in [6, 6.07) is 13.9. The Morgan fingerprint density at radius 1 is 1.10 bits per heavy atom. The molecule has 2 N–H and O–H groups in total. The first kappa shape index (κ1) is 18.7. The van der Waals surface area contributed by atoms with Gasteiger partial charge in [-0.2, -0.15) is 0 Å². The first-order chi connectivity index (χ1) is 14.1. The Labute approximate surface area is 170 Å². The first-order valence-corrected chi connectivity index (χ1v) is 9.58. The highest BCUT2D eigenvalue weighted by atomic mass is 32.1. The molecule has 0 unspecified atom stereocenters. The second-order valence-corrected chi connectivity index (χ2v) is 7.01. The third kappa shape index (κ3) is 3.70. The number of nitrogens with one attached hydrogen (secondary N) is 2. The van der Waals surface area contributed by atoms with E-state index >= 15 is 0 Å². The smallest absolute Gasteiger partial charge is 0.258 e. The SMILES string of the molecule is COc1ccc(OC)c(-c2csc(NC(=O)c3cc(=O)[nH]c4ccccc34)n2)c1. The molecule has 0 aliphatic carbocycles. The number of benzene rings is 2. The summed E-state index contributed by atoms with van der Waals surface area (Å²) in [6.45, 7) is 0. The molecule has 0 saturated heterocycles. The number of hydrogen-bond acceptors (Lipinski definition) is 6. The van der Waals surface area contributed by atoms with Crippen LogP contribution < -0.4 is 20.3 Å². The van der Waals surface area contributed by atoms with E-state index in [9.17, 15) is 9.59 Å². The fourth-order valence-electron chi connectivity index (χ4n) is 3.03. The molecule has 8 heteroatoms. The van der Waals surface area contributed by atoms with Gasteiger partial charge in [-0.1, -0.05) is 18.2 Å². The highest BCUT2D eigenvalue weighted by molar-refractivity contribution is 7.14. The van der Waals surface area contributed by atoms with Gasteiger partial charge in [0.1, 0.15) is 11.5 Å². The largest absolute Gasteiger partial charge is 0.497 e. The lowest BCUT2D eigenvalue weighted by Crippen LogP contribution is -2.16. The Morgan fingerprint density at radius 2 is 1.93 bits per heavy atom. The normalized spacial score (nSPS) is 10.7. The molecule has 0 bridgehead atoms. The number of nitrogens with zero attached hydrogens (tertiary/aromatic N) is 1. The predicted molar refractivity (Wildman–Crippen MR) is 113 cm³/mol. The van der Waals surface area contributed by atoms with E-state index in [1.807, 2.05) is 17.5 Å². The molecule has 146 valence electrons. The summed E-state index contributed by atoms with van der Waals surface area (Å²) >= 11 is 1.28. The number of carbonyl (C=O) groups excluding carboxylic acids is 1. The zero-order chi connectivity index (χ0) is 20.4. The molecule has 29 heavy (non-hydrogen) atoms. The van der Waals surface area contributed by atoms with E-state index in [0.29, 0.717) is 38.8 Å². The van der Waals surface area contributed by atoms with Crippen molar-refractivity contribution in [3.8, 4) is 22.8 Å². The molecule has 0 atom stereocenters. The van der Waals surface area contributed by atoms with Crippen molar-refractivity contribution < 1.29 is 14.3 Å². The van der Waals surface area contributed by atoms with Crippen LogP contribution in [0.5, 0.6) is 11.5 Å². The van der Waals surface area contributed by atoms with Crippen LogP contribution in [0, 0.1) is 0 Å². The van der Waals surface area contributed by atoms with Crippen LogP contribution in [0.25, 0.3) is 22.2 Å². The number of para-hydroxylation sites is 1. The van der Waals surface area contributed by atoms with Gasteiger partial charge >= 0.3 is 0 Å². The summed E-state index contributed by atoms with van der Waals surface area (Å²) < 4.78 is 10.7. The first-order valence-electron chi connectivity index (χ1n) is 8.70. The van der Waals surface area contributed by atoms with Gasteiger partial charge in [-0.25, -0.2) is 4.98 Å². The fourth-order valence-corrected chi connectivity index (χ4v) is 3.73. The maximum absolute atomic E-state index is 12.8. The number of hydrogen-bond donors (Lipinski definition) is 2. The second-order valence-electron chi connectivity index (χ2n) is 6.15. The summed E-state index contributed by atoms with van der Waals surface area (Å²) in [5, 5.41) is 5.68. The number of aromatic amines is 1. The van der Waals surface area contributed by atoms with Crippen molar-refractivity contribution >= 4 is 33.3 Å². The van der Waals surface area contributed by atoms with Gasteiger partial charge in [-0.3, -0.25) is 14.9 Å². The zero-order valence-corrected chi connectivity index (χ0v) is 16.5. The Kier molecular flexibility index (Phi) is 5.01. The number of aromatic nitrogens is 2. The summed E-state index contributed by atoms with van der Waals surface area (Å²) in [7, 11) is 3.17. The number of ether oxygens (including phenoxy) is 2. The number of H-pyrrole nitrogens is 1. The minimum Gasteiger partial charge on any atom is -0.497 e. The Morgan fingerprint density at radius 3 is 2.72 bits per heavy atom. The van der Waals surface area contributed by atoms with Crippen molar-refractivity contribution in [3.05, 3.63) is 69.8 Å². The average molecular weight is 407 g/mol. The van der Waals surface area contributed by atoms with Crippen molar-refractivity contribution in [2.24, 2.45) is 0 Å². The monoisotopic (exact) mass is 407 g/mol. The summed E-state index contributed by atoms with van der Waals surface area (Å²) in [5.74, 6) is 0.926. The lowest BCUT2D eigenvalue weighted by Gasteiger charge is -2.08. The molecule has 2 aromatic heterocycles. The number of pyridine rings is 1. The van der Waals surface area contributed by atoms with E-state index in [4.69, 9.17) is 9.47 Å². The number of thiazole rings is 1. The van der Waals surface area contributed by atoms with Crippen molar-refractivity contribution in [2.75, 3.05) is 19.5 Å². The van der Waals surface area contributed by atoms with Crippen molar-refractivity contribution in [3.63, 3.8) is 0 Å². The highest BCUT2D eigenvalue weighted by Crippen LogP contribution is 2.35. The Balaban J connectivity index is 1.66. The molecule has 0 spiro atoms. The summed E-state index contributed by atoms with van der Waals surface area (Å²) in [6.07, 6.45) is 0. The molecule has 0 fully saturated rings. The highest BCUT2D eigenvalue weighted by Gasteiger charge is 2.16. The second kappa shape index (κ2) is 7.76. The third-order valence-electron chi connectivity index (χ3n) is 4.40. The lowest BCUT2D eigenvalue weighted by atomic mass is 10.1. The summed E-state index contributed by atoms with van der Waals surface area (Å²) in [4.78, 5) is 31.9. The molecule has 0 aliphatic rings. The number of rotatable bonds is 5. The average Bonchev–Trinajstić information content (AvgIpc) is 3.20. The Bertz CT molecular complexity index is 1260. The van der Waals surface area contributed by atoms with Crippen LogP contribution in [-0.2, 0) is 0 Å². The van der Waals surface area contributed by atoms with Crippen molar-refractivity contribution in [1.29, 1.82) is 0 Å². The van der Waals surface area contributed by atoms with Crippen molar-refractivity contribution in [1.82, 2.24) is 9.97 Å². The molecule has 7 nitrogen and oxygen atoms in total. The molecule has 0 radical (unpaired) electrons. The van der Waals surface area contributed by atoms with Gasteiger partial charge in [-0.05, 0) is 24.3 Å². The van der Waals surface area contributed by atoms with Crippen LogP contribution >= 0.6 is 11.3 Å². The van der Waals surface area contributed by atoms with Gasteiger partial charge < -0.3 is 14.5 Å². The number of carbonyl (C=O) groups is 1. The standard InChI is InChI=1S/C21H17N3O4S/c1-27-12-7-8-18(28-2)15(9-12)17-11-29-21(23-17)24-20(26)14-10-19(25)22-16-6-4-3-5-13(14)16/h3-11H,1-2H3,(H,22,25)(H,23,24,26). The van der Waals surface area contributed by atoms with E-state index in [2.05, 4.69) is 15.3 Å². The van der Waals surface area contributed by atoms with E-state index in [0.717, 1.165) is 5.56 Å². The van der Waals surface area contributed by atoms with Gasteiger partial charge in [0.25, 0.3) is 5.91 Å². The lowest BCUT2D eigenvalue weighted by molar-refractivity contribution is 0.102. The number of fused-ring (bicyclic) bond motifs is 1. The van der Waals surface area contributed by atoms with E-state index < -0.39 is 5.91 Å². The maximum atomic E-state index is 12.8. The van der Waals surface area contributed by atoms with Crippen LogP contribution in [0.1, 0.15) is 10.4 Å². The number of amides is 1. The van der Waals surface area contributed by atoms with Gasteiger partial charge in [0.15, 0.2) is 5.13 Å². The predicted octanol–water partition coefficient (Wildman–Crippen LogP) is 3.92. The molecule has 1 amide bonds. The molecule has 0 aliphatic heterocycles. The number of anilines is 1.